The van der Waals surface area contributed by atoms with Crippen LogP contribution in [0.15, 0.2) is 59.6 Å². The molecule has 0 bridgehead atoms. The molecule has 4 heteroatoms. The van der Waals surface area contributed by atoms with Crippen molar-refractivity contribution in [3.05, 3.63) is 54.6 Å². The van der Waals surface area contributed by atoms with E-state index >= 15 is 0 Å². The molecule has 0 aromatic heterocycles. The highest BCUT2D eigenvalue weighted by Crippen LogP contribution is 2.32. The van der Waals surface area contributed by atoms with Crippen LogP contribution in [0, 0.1) is 0 Å². The summed E-state index contributed by atoms with van der Waals surface area (Å²) in [6, 6.07) is 18.2. The minimum absolute atomic E-state index is 0.0120. The van der Waals surface area contributed by atoms with Gasteiger partial charge in [0.2, 0.25) is 0 Å². The van der Waals surface area contributed by atoms with Crippen molar-refractivity contribution in [1.82, 2.24) is 0 Å². The molecule has 0 amide bonds. The minimum atomic E-state index is 0.0120. The lowest BCUT2D eigenvalue weighted by atomic mass is 10.2. The number of amidine groups is 1. The van der Waals surface area contributed by atoms with Crippen molar-refractivity contribution < 1.29 is 9.47 Å². The highest BCUT2D eigenvalue weighted by atomic mass is 16.6. The Hall–Kier alpha value is -2.49. The van der Waals surface area contributed by atoms with E-state index in [1.54, 1.807) is 0 Å². The molecule has 2 aliphatic rings. The Kier molecular flexibility index (Phi) is 3.43. The van der Waals surface area contributed by atoms with E-state index in [-0.39, 0.29) is 6.10 Å². The zero-order valence-electron chi connectivity index (χ0n) is 12.3. The Balaban J connectivity index is 1.48. The molecule has 0 N–H and O–H groups in total. The summed E-state index contributed by atoms with van der Waals surface area (Å²) in [7, 11) is 0. The fourth-order valence-electron chi connectivity index (χ4n) is 2.92. The maximum Gasteiger partial charge on any atom is 0.161 e. The minimum Gasteiger partial charge on any atom is -0.486 e. The number of rotatable bonds is 3. The Bertz CT molecular complexity index is 684. The number of para-hydroxylation sites is 3. The molecular weight excluding hydrogens is 276 g/mol. The molecule has 22 heavy (non-hydrogen) atoms. The van der Waals surface area contributed by atoms with E-state index in [0.29, 0.717) is 6.61 Å². The van der Waals surface area contributed by atoms with Crippen LogP contribution in [0.1, 0.15) is 6.42 Å². The van der Waals surface area contributed by atoms with Gasteiger partial charge in [-0.25, -0.2) is 0 Å². The maximum atomic E-state index is 6.05. The molecular formula is C18H18N2O2. The number of fused-ring (bicyclic) bond motifs is 1. The SMILES string of the molecule is c1ccc(N2CCN=C2CC2COc3ccccc3O2)cc1. The average molecular weight is 294 g/mol. The number of hydrogen-bond acceptors (Lipinski definition) is 4. The topological polar surface area (TPSA) is 34.1 Å². The fourth-order valence-corrected chi connectivity index (χ4v) is 2.92. The standard InChI is InChI=1S/C18H18N2O2/c1-2-6-14(7-3-1)20-11-10-19-18(20)12-15-13-21-16-8-4-5-9-17(16)22-15/h1-9,15H,10-13H2. The van der Waals surface area contributed by atoms with Gasteiger partial charge in [-0.15, -0.1) is 0 Å². The zero-order chi connectivity index (χ0) is 14.8. The van der Waals surface area contributed by atoms with Gasteiger partial charge < -0.3 is 14.4 Å². The van der Waals surface area contributed by atoms with Gasteiger partial charge in [-0.2, -0.15) is 0 Å². The Morgan fingerprint density at radius 3 is 2.64 bits per heavy atom. The predicted octanol–water partition coefficient (Wildman–Crippen LogP) is 3.14. The van der Waals surface area contributed by atoms with Gasteiger partial charge in [0.1, 0.15) is 18.5 Å². The van der Waals surface area contributed by atoms with Gasteiger partial charge in [-0.05, 0) is 24.3 Å². The zero-order valence-corrected chi connectivity index (χ0v) is 12.3. The van der Waals surface area contributed by atoms with Gasteiger partial charge in [-0.1, -0.05) is 30.3 Å². The molecule has 1 unspecified atom stereocenters. The average Bonchev–Trinajstić information content (AvgIpc) is 3.04. The number of ether oxygens (including phenoxy) is 2. The molecule has 4 nitrogen and oxygen atoms in total. The summed E-state index contributed by atoms with van der Waals surface area (Å²) in [5, 5.41) is 0. The van der Waals surface area contributed by atoms with Crippen molar-refractivity contribution in [3.63, 3.8) is 0 Å². The second kappa shape index (κ2) is 5.72. The first kappa shape index (κ1) is 13.2. The van der Waals surface area contributed by atoms with E-state index in [1.165, 1.54) is 5.69 Å². The maximum absolute atomic E-state index is 6.05. The van der Waals surface area contributed by atoms with Gasteiger partial charge in [0.25, 0.3) is 0 Å². The van der Waals surface area contributed by atoms with Gasteiger partial charge in [-0.3, -0.25) is 4.99 Å². The van der Waals surface area contributed by atoms with Crippen LogP contribution in [0.5, 0.6) is 11.5 Å². The van der Waals surface area contributed by atoms with Crippen LogP contribution in [-0.2, 0) is 0 Å². The van der Waals surface area contributed by atoms with Crippen LogP contribution in [0.4, 0.5) is 5.69 Å². The van der Waals surface area contributed by atoms with E-state index in [9.17, 15) is 0 Å². The summed E-state index contributed by atoms with van der Waals surface area (Å²) >= 11 is 0. The number of hydrogen-bond donors (Lipinski definition) is 0. The summed E-state index contributed by atoms with van der Waals surface area (Å²) < 4.78 is 11.8. The number of anilines is 1. The third kappa shape index (κ3) is 2.52. The van der Waals surface area contributed by atoms with E-state index in [4.69, 9.17) is 9.47 Å². The van der Waals surface area contributed by atoms with Crippen LogP contribution in [0.2, 0.25) is 0 Å². The van der Waals surface area contributed by atoms with Crippen LogP contribution >= 0.6 is 0 Å². The van der Waals surface area contributed by atoms with Crippen molar-refractivity contribution in [2.24, 2.45) is 4.99 Å². The molecule has 2 aromatic carbocycles. The summed E-state index contributed by atoms with van der Waals surface area (Å²) in [5.74, 6) is 2.73. The van der Waals surface area contributed by atoms with Crippen molar-refractivity contribution in [2.75, 3.05) is 24.6 Å². The van der Waals surface area contributed by atoms with Crippen molar-refractivity contribution in [1.29, 1.82) is 0 Å². The van der Waals surface area contributed by atoms with Crippen LogP contribution in [-0.4, -0.2) is 31.6 Å². The van der Waals surface area contributed by atoms with Gasteiger partial charge in [0.05, 0.1) is 6.54 Å². The number of nitrogens with zero attached hydrogens (tertiary/aromatic N) is 2. The smallest absolute Gasteiger partial charge is 0.161 e. The largest absolute Gasteiger partial charge is 0.486 e. The number of aliphatic imine (C=N–C) groups is 1. The molecule has 2 aromatic rings. The Labute approximate surface area is 130 Å². The summed E-state index contributed by atoms with van der Waals surface area (Å²) in [6.45, 7) is 2.34. The van der Waals surface area contributed by atoms with Gasteiger partial charge in [0.15, 0.2) is 11.5 Å². The molecule has 2 aliphatic heterocycles. The van der Waals surface area contributed by atoms with Crippen molar-refractivity contribution in [2.45, 2.75) is 12.5 Å². The number of benzene rings is 2. The third-order valence-electron chi connectivity index (χ3n) is 3.98. The first-order chi connectivity index (χ1) is 10.9. The van der Waals surface area contributed by atoms with Gasteiger partial charge in [0, 0.05) is 18.7 Å². The van der Waals surface area contributed by atoms with Crippen LogP contribution in [0.3, 0.4) is 0 Å². The lowest BCUT2D eigenvalue weighted by molar-refractivity contribution is 0.0959. The second-order valence-corrected chi connectivity index (χ2v) is 5.49. The molecule has 0 saturated carbocycles. The predicted molar refractivity (Wildman–Crippen MR) is 87.1 cm³/mol. The summed E-state index contributed by atoms with van der Waals surface area (Å²) in [5.41, 5.74) is 1.19. The van der Waals surface area contributed by atoms with Crippen molar-refractivity contribution >= 4 is 11.5 Å². The van der Waals surface area contributed by atoms with Crippen molar-refractivity contribution in [3.8, 4) is 11.5 Å². The quantitative estimate of drug-likeness (QED) is 0.872. The molecule has 1 atom stereocenters. The molecule has 0 aliphatic carbocycles. The molecule has 0 saturated heterocycles. The molecule has 0 radical (unpaired) electrons. The first-order valence-corrected chi connectivity index (χ1v) is 7.64. The van der Waals surface area contributed by atoms with E-state index in [0.717, 1.165) is 36.8 Å². The highest BCUT2D eigenvalue weighted by molar-refractivity contribution is 5.99. The molecule has 0 fully saturated rings. The fraction of sp³-hybridized carbons (Fsp3) is 0.278. The third-order valence-corrected chi connectivity index (χ3v) is 3.98. The monoisotopic (exact) mass is 294 g/mol. The van der Waals surface area contributed by atoms with E-state index in [2.05, 4.69) is 34.2 Å². The van der Waals surface area contributed by atoms with E-state index in [1.807, 2.05) is 30.3 Å². The van der Waals surface area contributed by atoms with E-state index < -0.39 is 0 Å². The molecule has 2 heterocycles. The summed E-state index contributed by atoms with van der Waals surface area (Å²) in [6.07, 6.45) is 0.779. The first-order valence-electron chi connectivity index (χ1n) is 7.64. The Morgan fingerprint density at radius 2 is 1.77 bits per heavy atom. The summed E-state index contributed by atoms with van der Waals surface area (Å²) in [4.78, 5) is 6.92. The molecule has 4 rings (SSSR count). The van der Waals surface area contributed by atoms with Gasteiger partial charge >= 0.3 is 0 Å². The molecule has 0 spiro atoms. The van der Waals surface area contributed by atoms with Crippen LogP contribution in [0.25, 0.3) is 0 Å². The lowest BCUT2D eigenvalue weighted by Crippen LogP contribution is -2.36. The Morgan fingerprint density at radius 1 is 1.00 bits per heavy atom. The second-order valence-electron chi connectivity index (χ2n) is 5.49. The highest BCUT2D eigenvalue weighted by Gasteiger charge is 2.26. The van der Waals surface area contributed by atoms with Crippen LogP contribution < -0.4 is 14.4 Å². The molecule has 112 valence electrons. The lowest BCUT2D eigenvalue weighted by Gasteiger charge is -2.28. The normalized spacial score (nSPS) is 19.9.